The Morgan fingerprint density at radius 3 is 2.52 bits per heavy atom. The summed E-state index contributed by atoms with van der Waals surface area (Å²) in [6, 6.07) is 10.8. The molecule has 0 heterocycles. The first kappa shape index (κ1) is 13.4. The Balaban J connectivity index is 1.40. The smallest absolute Gasteiger partial charge is 0.223 e. The summed E-state index contributed by atoms with van der Waals surface area (Å²) in [7, 11) is 0. The van der Waals surface area contributed by atoms with Gasteiger partial charge in [0, 0.05) is 17.9 Å². The molecule has 2 heteroatoms. The molecule has 2 nitrogen and oxygen atoms in total. The second-order valence-corrected chi connectivity index (χ2v) is 7.50. The van der Waals surface area contributed by atoms with Crippen LogP contribution in [-0.4, -0.2) is 12.5 Å². The Bertz CT molecular complexity index is 520. The summed E-state index contributed by atoms with van der Waals surface area (Å²) in [5, 5.41) is 3.31. The second-order valence-electron chi connectivity index (χ2n) is 7.50. The Labute approximate surface area is 127 Å². The molecule has 3 unspecified atom stereocenters. The molecule has 4 rings (SSSR count). The molecule has 3 atom stereocenters. The van der Waals surface area contributed by atoms with E-state index in [-0.39, 0.29) is 5.41 Å². The molecule has 0 spiro atoms. The number of hydrogen-bond acceptors (Lipinski definition) is 1. The third kappa shape index (κ3) is 2.29. The first-order chi connectivity index (χ1) is 10.3. The number of hydrogen-bond donors (Lipinski definition) is 1. The van der Waals surface area contributed by atoms with Gasteiger partial charge >= 0.3 is 0 Å². The fourth-order valence-electron chi connectivity index (χ4n) is 4.92. The van der Waals surface area contributed by atoms with Crippen molar-refractivity contribution in [1.29, 1.82) is 0 Å². The Kier molecular flexibility index (Phi) is 3.28. The van der Waals surface area contributed by atoms with Crippen LogP contribution in [0.4, 0.5) is 0 Å². The van der Waals surface area contributed by atoms with Crippen LogP contribution < -0.4 is 5.32 Å². The minimum absolute atomic E-state index is 0.217. The van der Waals surface area contributed by atoms with Gasteiger partial charge in [0.15, 0.2) is 0 Å². The van der Waals surface area contributed by atoms with E-state index in [1.54, 1.807) is 0 Å². The van der Waals surface area contributed by atoms with Crippen LogP contribution in [0.5, 0.6) is 0 Å². The molecule has 0 radical (unpaired) electrons. The zero-order valence-electron chi connectivity index (χ0n) is 12.7. The quantitative estimate of drug-likeness (QED) is 0.897. The molecule has 1 aromatic rings. The van der Waals surface area contributed by atoms with E-state index in [9.17, 15) is 4.79 Å². The molecule has 21 heavy (non-hydrogen) atoms. The van der Waals surface area contributed by atoms with Gasteiger partial charge in [0.1, 0.15) is 0 Å². The number of benzene rings is 1. The molecule has 0 saturated heterocycles. The lowest BCUT2D eigenvalue weighted by Crippen LogP contribution is -2.47. The lowest BCUT2D eigenvalue weighted by molar-refractivity contribution is -0.127. The van der Waals surface area contributed by atoms with Crippen LogP contribution >= 0.6 is 0 Å². The normalized spacial score (nSPS) is 32.7. The highest BCUT2D eigenvalue weighted by molar-refractivity contribution is 5.79. The van der Waals surface area contributed by atoms with Gasteiger partial charge in [-0.05, 0) is 49.5 Å². The van der Waals surface area contributed by atoms with Gasteiger partial charge in [-0.15, -0.1) is 0 Å². The molecule has 0 aromatic heterocycles. The van der Waals surface area contributed by atoms with Gasteiger partial charge in [-0.3, -0.25) is 4.79 Å². The Hall–Kier alpha value is -1.31. The molecular formula is C19H25NO. The largest absolute Gasteiger partial charge is 0.355 e. The summed E-state index contributed by atoms with van der Waals surface area (Å²) in [4.78, 5) is 12.5. The van der Waals surface area contributed by atoms with Crippen molar-refractivity contribution in [3.8, 4) is 0 Å². The van der Waals surface area contributed by atoms with E-state index in [1.807, 2.05) is 0 Å². The third-order valence-corrected chi connectivity index (χ3v) is 6.37. The summed E-state index contributed by atoms with van der Waals surface area (Å²) in [5.41, 5.74) is 1.62. The van der Waals surface area contributed by atoms with Crippen LogP contribution in [-0.2, 0) is 10.2 Å². The van der Waals surface area contributed by atoms with Gasteiger partial charge in [-0.25, -0.2) is 0 Å². The van der Waals surface area contributed by atoms with Crippen LogP contribution in [0.2, 0.25) is 0 Å². The lowest BCUT2D eigenvalue weighted by atomic mass is 9.64. The van der Waals surface area contributed by atoms with Crippen LogP contribution in [0.25, 0.3) is 0 Å². The fraction of sp³-hybridized carbons (Fsp3) is 0.632. The maximum absolute atomic E-state index is 12.5. The van der Waals surface area contributed by atoms with Gasteiger partial charge in [-0.2, -0.15) is 0 Å². The number of amides is 1. The highest BCUT2D eigenvalue weighted by Crippen LogP contribution is 2.48. The molecule has 1 aromatic carbocycles. The minimum Gasteiger partial charge on any atom is -0.355 e. The van der Waals surface area contributed by atoms with E-state index < -0.39 is 0 Å². The van der Waals surface area contributed by atoms with Crippen molar-refractivity contribution in [2.45, 2.75) is 50.4 Å². The van der Waals surface area contributed by atoms with Crippen LogP contribution in [0.3, 0.4) is 0 Å². The number of rotatable bonds is 4. The topological polar surface area (TPSA) is 29.1 Å². The summed E-state index contributed by atoms with van der Waals surface area (Å²) in [6.45, 7) is 0.837. The van der Waals surface area contributed by atoms with Gasteiger partial charge < -0.3 is 5.32 Å². The molecule has 3 saturated carbocycles. The molecule has 3 aliphatic rings. The number of fused-ring (bicyclic) bond motifs is 2. The lowest BCUT2D eigenvalue weighted by Gasteiger charge is -2.43. The average Bonchev–Trinajstić information content (AvgIpc) is 3.10. The van der Waals surface area contributed by atoms with Crippen molar-refractivity contribution >= 4 is 5.91 Å². The molecule has 1 N–H and O–H groups in total. The zero-order valence-corrected chi connectivity index (χ0v) is 12.7. The van der Waals surface area contributed by atoms with Crippen molar-refractivity contribution in [3.05, 3.63) is 35.9 Å². The Morgan fingerprint density at radius 2 is 1.95 bits per heavy atom. The molecule has 112 valence electrons. The van der Waals surface area contributed by atoms with Gasteiger partial charge in [0.2, 0.25) is 5.91 Å². The van der Waals surface area contributed by atoms with Crippen molar-refractivity contribution < 1.29 is 4.79 Å². The van der Waals surface area contributed by atoms with Gasteiger partial charge in [0.25, 0.3) is 0 Å². The van der Waals surface area contributed by atoms with E-state index in [0.717, 1.165) is 18.9 Å². The maximum atomic E-state index is 12.5. The van der Waals surface area contributed by atoms with Crippen molar-refractivity contribution in [2.24, 2.45) is 17.8 Å². The summed E-state index contributed by atoms with van der Waals surface area (Å²) < 4.78 is 0. The molecule has 3 aliphatic carbocycles. The van der Waals surface area contributed by atoms with Crippen LogP contribution in [0, 0.1) is 17.8 Å². The second kappa shape index (κ2) is 5.15. The molecule has 0 aliphatic heterocycles. The summed E-state index contributed by atoms with van der Waals surface area (Å²) >= 11 is 0. The highest BCUT2D eigenvalue weighted by Gasteiger charge is 2.44. The minimum atomic E-state index is 0.217. The number of carbonyl (C=O) groups excluding carboxylic acids is 1. The van der Waals surface area contributed by atoms with E-state index >= 15 is 0 Å². The predicted octanol–water partition coefficient (Wildman–Crippen LogP) is 3.66. The maximum Gasteiger partial charge on any atom is 0.223 e. The van der Waals surface area contributed by atoms with Crippen molar-refractivity contribution in [3.63, 3.8) is 0 Å². The van der Waals surface area contributed by atoms with E-state index in [4.69, 9.17) is 0 Å². The molecule has 3 fully saturated rings. The van der Waals surface area contributed by atoms with Crippen molar-refractivity contribution in [1.82, 2.24) is 5.32 Å². The standard InChI is InChI=1S/C19H25NO/c21-18(17-12-14-7-8-15(17)11-14)20-13-19(9-4-10-19)16-5-2-1-3-6-16/h1-3,5-6,14-15,17H,4,7-13H2,(H,20,21). The number of nitrogens with one attached hydrogen (secondary N) is 1. The molecule has 2 bridgehead atoms. The monoisotopic (exact) mass is 283 g/mol. The highest BCUT2D eigenvalue weighted by atomic mass is 16.1. The first-order valence-corrected chi connectivity index (χ1v) is 8.60. The SMILES string of the molecule is O=C(NCC1(c2ccccc2)CCC1)C1CC2CCC1C2. The molecule has 1 amide bonds. The predicted molar refractivity (Wildman–Crippen MR) is 83.9 cm³/mol. The Morgan fingerprint density at radius 1 is 1.14 bits per heavy atom. The van der Waals surface area contributed by atoms with Crippen LogP contribution in [0.15, 0.2) is 30.3 Å². The number of carbonyl (C=O) groups is 1. The fourth-order valence-corrected chi connectivity index (χ4v) is 4.92. The van der Waals surface area contributed by atoms with Gasteiger partial charge in [0.05, 0.1) is 0 Å². The van der Waals surface area contributed by atoms with E-state index in [1.165, 1.54) is 44.1 Å². The van der Waals surface area contributed by atoms with E-state index in [0.29, 0.717) is 17.7 Å². The summed E-state index contributed by atoms with van der Waals surface area (Å²) in [6.07, 6.45) is 8.83. The van der Waals surface area contributed by atoms with Crippen LogP contribution in [0.1, 0.15) is 50.5 Å². The third-order valence-electron chi connectivity index (χ3n) is 6.37. The van der Waals surface area contributed by atoms with E-state index in [2.05, 4.69) is 35.6 Å². The zero-order chi connectivity index (χ0) is 14.3. The van der Waals surface area contributed by atoms with Gasteiger partial charge in [-0.1, -0.05) is 43.2 Å². The summed E-state index contributed by atoms with van der Waals surface area (Å²) in [5.74, 6) is 2.18. The average molecular weight is 283 g/mol. The first-order valence-electron chi connectivity index (χ1n) is 8.60. The van der Waals surface area contributed by atoms with Crippen molar-refractivity contribution in [2.75, 3.05) is 6.54 Å². The molecular weight excluding hydrogens is 258 g/mol.